The predicted octanol–water partition coefficient (Wildman–Crippen LogP) is 3.58. The van der Waals surface area contributed by atoms with Gasteiger partial charge >= 0.3 is 5.97 Å². The maximum atomic E-state index is 11.0. The molecule has 0 fully saturated rings. The molecule has 3 aromatic heterocycles. The number of carbonyl (C=O) groups is 1. The minimum atomic E-state index is -0.939. The summed E-state index contributed by atoms with van der Waals surface area (Å²) < 4.78 is 0. The number of carboxylic acid groups (broad SMARTS) is 1. The van der Waals surface area contributed by atoms with Crippen LogP contribution < -0.4 is 0 Å². The van der Waals surface area contributed by atoms with Gasteiger partial charge in [-0.2, -0.15) is 0 Å². The van der Waals surface area contributed by atoms with Crippen LogP contribution in [0.1, 0.15) is 21.1 Å². The van der Waals surface area contributed by atoms with Gasteiger partial charge in [-0.25, -0.2) is 14.8 Å². The Bertz CT molecular complexity index is 858. The second kappa shape index (κ2) is 5.65. The van der Waals surface area contributed by atoms with E-state index in [1.165, 1.54) is 0 Å². The Morgan fingerprint density at radius 3 is 2.59 bits per heavy atom. The first-order valence-electron chi connectivity index (χ1n) is 6.66. The molecular formula is C16H13N3O2S. The molecular weight excluding hydrogens is 298 g/mol. The minimum absolute atomic E-state index is 0.275. The summed E-state index contributed by atoms with van der Waals surface area (Å²) in [5.74, 6) is -0.416. The number of hydrogen-bond acceptors (Lipinski definition) is 5. The lowest BCUT2D eigenvalue weighted by molar-refractivity contribution is 0.0702. The van der Waals surface area contributed by atoms with Gasteiger partial charge in [-0.05, 0) is 44.2 Å². The summed E-state index contributed by atoms with van der Waals surface area (Å²) in [4.78, 5) is 25.2. The quantitative estimate of drug-likeness (QED) is 0.800. The molecule has 3 aromatic rings. The fourth-order valence-corrected chi connectivity index (χ4v) is 2.94. The highest BCUT2D eigenvalue weighted by Gasteiger charge is 2.12. The van der Waals surface area contributed by atoms with Gasteiger partial charge in [0.25, 0.3) is 0 Å². The third-order valence-electron chi connectivity index (χ3n) is 3.19. The van der Waals surface area contributed by atoms with E-state index >= 15 is 0 Å². The highest BCUT2D eigenvalue weighted by atomic mass is 32.1. The van der Waals surface area contributed by atoms with Gasteiger partial charge in [0, 0.05) is 23.1 Å². The van der Waals surface area contributed by atoms with Crippen LogP contribution >= 0.6 is 11.3 Å². The van der Waals surface area contributed by atoms with Crippen molar-refractivity contribution >= 4 is 17.3 Å². The van der Waals surface area contributed by atoms with Crippen LogP contribution in [0, 0.1) is 13.8 Å². The highest BCUT2D eigenvalue weighted by Crippen LogP contribution is 2.27. The van der Waals surface area contributed by atoms with Crippen molar-refractivity contribution in [2.75, 3.05) is 0 Å². The van der Waals surface area contributed by atoms with Gasteiger partial charge in [-0.15, -0.1) is 11.3 Å². The molecule has 0 spiro atoms. The molecule has 0 unspecified atom stereocenters. The molecule has 0 saturated heterocycles. The summed E-state index contributed by atoms with van der Waals surface area (Å²) in [5, 5.41) is 9.00. The zero-order valence-electron chi connectivity index (χ0n) is 12.1. The number of aromatic carboxylic acids is 1. The molecule has 0 atom stereocenters. The van der Waals surface area contributed by atoms with Gasteiger partial charge in [0.2, 0.25) is 0 Å². The SMILES string of the molecule is Cc1ccc(-c2ccnc(-c3ccc(C(=O)O)s3)n2)c(C)n1. The predicted molar refractivity (Wildman–Crippen MR) is 85.0 cm³/mol. The topological polar surface area (TPSA) is 76.0 Å². The van der Waals surface area contributed by atoms with E-state index in [1.54, 1.807) is 18.3 Å². The van der Waals surface area contributed by atoms with E-state index in [2.05, 4.69) is 15.0 Å². The highest BCUT2D eigenvalue weighted by molar-refractivity contribution is 7.17. The lowest BCUT2D eigenvalue weighted by Crippen LogP contribution is -1.94. The molecule has 3 rings (SSSR count). The molecule has 0 aliphatic heterocycles. The molecule has 0 amide bonds. The lowest BCUT2D eigenvalue weighted by Gasteiger charge is -2.06. The van der Waals surface area contributed by atoms with Crippen LogP contribution in [0.2, 0.25) is 0 Å². The van der Waals surface area contributed by atoms with E-state index in [0.29, 0.717) is 5.82 Å². The average molecular weight is 311 g/mol. The zero-order valence-corrected chi connectivity index (χ0v) is 12.9. The number of aryl methyl sites for hydroxylation is 2. The molecule has 110 valence electrons. The van der Waals surface area contributed by atoms with Crippen LogP contribution in [-0.2, 0) is 0 Å². The van der Waals surface area contributed by atoms with E-state index in [9.17, 15) is 4.79 Å². The van der Waals surface area contributed by atoms with Gasteiger partial charge in [-0.1, -0.05) is 0 Å². The standard InChI is InChI=1S/C16H13N3O2S/c1-9-3-4-11(10(2)18-9)12-7-8-17-15(19-12)13-5-6-14(22-13)16(20)21/h3-8H,1-2H3,(H,20,21). The Hall–Kier alpha value is -2.60. The van der Waals surface area contributed by atoms with Crippen LogP contribution in [0.15, 0.2) is 36.5 Å². The number of pyridine rings is 1. The molecule has 22 heavy (non-hydrogen) atoms. The van der Waals surface area contributed by atoms with Crippen LogP contribution in [-0.4, -0.2) is 26.0 Å². The molecule has 0 aromatic carbocycles. The monoisotopic (exact) mass is 311 g/mol. The van der Waals surface area contributed by atoms with Crippen LogP contribution in [0.25, 0.3) is 22.0 Å². The molecule has 5 nitrogen and oxygen atoms in total. The molecule has 0 aliphatic carbocycles. The van der Waals surface area contributed by atoms with Gasteiger partial charge in [0.05, 0.1) is 10.6 Å². The summed E-state index contributed by atoms with van der Waals surface area (Å²) in [6.07, 6.45) is 1.68. The third-order valence-corrected chi connectivity index (χ3v) is 4.26. The van der Waals surface area contributed by atoms with Gasteiger partial charge in [0.1, 0.15) is 4.88 Å². The van der Waals surface area contributed by atoms with Crippen molar-refractivity contribution < 1.29 is 9.90 Å². The average Bonchev–Trinajstić information content (AvgIpc) is 2.97. The first kappa shape index (κ1) is 14.3. The van der Waals surface area contributed by atoms with Crippen molar-refractivity contribution in [1.29, 1.82) is 0 Å². The van der Waals surface area contributed by atoms with Gasteiger partial charge in [0.15, 0.2) is 5.82 Å². The molecule has 6 heteroatoms. The lowest BCUT2D eigenvalue weighted by atomic mass is 10.1. The van der Waals surface area contributed by atoms with Crippen molar-refractivity contribution in [2.24, 2.45) is 0 Å². The number of thiophene rings is 1. The number of rotatable bonds is 3. The molecule has 0 aliphatic rings. The Labute approximate surface area is 131 Å². The van der Waals surface area contributed by atoms with Gasteiger partial charge < -0.3 is 5.11 Å². The fraction of sp³-hybridized carbons (Fsp3) is 0.125. The van der Waals surface area contributed by atoms with Crippen molar-refractivity contribution in [1.82, 2.24) is 15.0 Å². The smallest absolute Gasteiger partial charge is 0.345 e. The normalized spacial score (nSPS) is 10.6. The maximum Gasteiger partial charge on any atom is 0.345 e. The number of carboxylic acids is 1. The molecule has 0 saturated carbocycles. The first-order valence-corrected chi connectivity index (χ1v) is 7.47. The Morgan fingerprint density at radius 1 is 1.09 bits per heavy atom. The fourth-order valence-electron chi connectivity index (χ4n) is 2.16. The molecule has 0 bridgehead atoms. The largest absolute Gasteiger partial charge is 0.477 e. The summed E-state index contributed by atoms with van der Waals surface area (Å²) in [6, 6.07) is 9.05. The number of nitrogens with zero attached hydrogens (tertiary/aromatic N) is 3. The zero-order chi connectivity index (χ0) is 15.7. The van der Waals surface area contributed by atoms with E-state index in [-0.39, 0.29) is 4.88 Å². The minimum Gasteiger partial charge on any atom is -0.477 e. The van der Waals surface area contributed by atoms with Crippen LogP contribution in [0.5, 0.6) is 0 Å². The number of aromatic nitrogens is 3. The van der Waals surface area contributed by atoms with E-state index in [1.807, 2.05) is 32.0 Å². The van der Waals surface area contributed by atoms with Gasteiger partial charge in [-0.3, -0.25) is 4.98 Å². The second-order valence-corrected chi connectivity index (χ2v) is 5.90. The van der Waals surface area contributed by atoms with Crippen LogP contribution in [0.3, 0.4) is 0 Å². The Kier molecular flexibility index (Phi) is 3.68. The summed E-state index contributed by atoms with van der Waals surface area (Å²) in [7, 11) is 0. The molecule has 0 radical (unpaired) electrons. The van der Waals surface area contributed by atoms with Crippen molar-refractivity contribution in [3.05, 3.63) is 52.8 Å². The first-order chi connectivity index (χ1) is 10.5. The summed E-state index contributed by atoms with van der Waals surface area (Å²) in [6.45, 7) is 3.89. The maximum absolute atomic E-state index is 11.0. The second-order valence-electron chi connectivity index (χ2n) is 4.82. The summed E-state index contributed by atoms with van der Waals surface area (Å²) >= 11 is 1.16. The summed E-state index contributed by atoms with van der Waals surface area (Å²) in [5.41, 5.74) is 3.59. The Balaban J connectivity index is 2.03. The third kappa shape index (κ3) is 2.73. The number of hydrogen-bond donors (Lipinski definition) is 1. The van der Waals surface area contributed by atoms with E-state index < -0.39 is 5.97 Å². The molecule has 3 heterocycles. The van der Waals surface area contributed by atoms with Crippen molar-refractivity contribution in [3.8, 4) is 22.0 Å². The Morgan fingerprint density at radius 2 is 1.91 bits per heavy atom. The molecule has 1 N–H and O–H groups in total. The van der Waals surface area contributed by atoms with Crippen molar-refractivity contribution in [2.45, 2.75) is 13.8 Å². The van der Waals surface area contributed by atoms with Crippen LogP contribution in [0.4, 0.5) is 0 Å². The van der Waals surface area contributed by atoms with Crippen molar-refractivity contribution in [3.63, 3.8) is 0 Å². The van der Waals surface area contributed by atoms with E-state index in [4.69, 9.17) is 5.11 Å². The van der Waals surface area contributed by atoms with E-state index in [0.717, 1.165) is 38.9 Å².